The molecule has 7 nitrogen and oxygen atoms in total. The summed E-state index contributed by atoms with van der Waals surface area (Å²) in [6, 6.07) is 14.2. The molecule has 1 aliphatic rings. The third-order valence-electron chi connectivity index (χ3n) is 6.09. The van der Waals surface area contributed by atoms with Crippen LogP contribution in [0.15, 0.2) is 54.9 Å². The summed E-state index contributed by atoms with van der Waals surface area (Å²) in [4.78, 5) is 19.1. The molecule has 3 aromatic rings. The van der Waals surface area contributed by atoms with E-state index in [0.717, 1.165) is 55.0 Å². The van der Waals surface area contributed by atoms with Crippen LogP contribution in [0.1, 0.15) is 30.5 Å². The van der Waals surface area contributed by atoms with Gasteiger partial charge in [0, 0.05) is 57.1 Å². The van der Waals surface area contributed by atoms with Gasteiger partial charge < -0.3 is 10.1 Å². The van der Waals surface area contributed by atoms with Crippen molar-refractivity contribution in [1.82, 2.24) is 25.0 Å². The number of methoxy groups -OCH3 is 1. The number of benzene rings is 1. The first kappa shape index (κ1) is 22.0. The molecule has 1 amide bonds. The first-order chi connectivity index (χ1) is 15.6. The van der Waals surface area contributed by atoms with Crippen LogP contribution < -0.4 is 10.1 Å². The second-order valence-electron chi connectivity index (χ2n) is 8.32. The summed E-state index contributed by atoms with van der Waals surface area (Å²) in [5.74, 6) is 0.956. The van der Waals surface area contributed by atoms with Crippen molar-refractivity contribution >= 4 is 5.91 Å². The number of rotatable bonds is 8. The van der Waals surface area contributed by atoms with E-state index in [1.807, 2.05) is 54.3 Å². The molecule has 1 aromatic carbocycles. The third-order valence-corrected chi connectivity index (χ3v) is 6.09. The van der Waals surface area contributed by atoms with Gasteiger partial charge in [-0.3, -0.25) is 19.4 Å². The minimum atomic E-state index is 0.113. The lowest BCUT2D eigenvalue weighted by molar-refractivity contribution is -0.122. The molecule has 1 N–H and O–H groups in total. The van der Waals surface area contributed by atoms with E-state index in [1.165, 1.54) is 5.69 Å². The molecule has 0 bridgehead atoms. The summed E-state index contributed by atoms with van der Waals surface area (Å²) in [5.41, 5.74) is 4.24. The molecule has 3 heterocycles. The molecule has 0 aliphatic carbocycles. The molecule has 0 unspecified atom stereocenters. The van der Waals surface area contributed by atoms with Crippen LogP contribution in [0.5, 0.6) is 5.75 Å². The van der Waals surface area contributed by atoms with E-state index in [4.69, 9.17) is 4.74 Å². The lowest BCUT2D eigenvalue weighted by Crippen LogP contribution is -2.44. The molecule has 1 fully saturated rings. The van der Waals surface area contributed by atoms with Crippen molar-refractivity contribution < 1.29 is 9.53 Å². The second-order valence-corrected chi connectivity index (χ2v) is 8.32. The Morgan fingerprint density at radius 2 is 2.00 bits per heavy atom. The lowest BCUT2D eigenvalue weighted by Gasteiger charge is -2.32. The molecule has 32 heavy (non-hydrogen) atoms. The van der Waals surface area contributed by atoms with E-state index in [1.54, 1.807) is 13.3 Å². The number of hydrogen-bond donors (Lipinski definition) is 1. The Morgan fingerprint density at radius 1 is 1.19 bits per heavy atom. The van der Waals surface area contributed by atoms with Crippen molar-refractivity contribution in [3.8, 4) is 17.0 Å². The highest BCUT2D eigenvalue weighted by molar-refractivity contribution is 5.76. The quantitative estimate of drug-likeness (QED) is 0.591. The smallest absolute Gasteiger partial charge is 0.220 e. The van der Waals surface area contributed by atoms with Gasteiger partial charge in [0.05, 0.1) is 18.5 Å². The molecule has 1 aliphatic heterocycles. The van der Waals surface area contributed by atoms with Gasteiger partial charge in [-0.2, -0.15) is 5.10 Å². The molecular formula is C25H31N5O2. The van der Waals surface area contributed by atoms with Crippen molar-refractivity contribution in [2.24, 2.45) is 7.05 Å². The Morgan fingerprint density at radius 3 is 2.75 bits per heavy atom. The lowest BCUT2D eigenvalue weighted by atomic mass is 10.0. The molecule has 1 saturated heterocycles. The van der Waals surface area contributed by atoms with Gasteiger partial charge in [-0.05, 0) is 49.1 Å². The standard InChI is InChI=1S/C25H31N5O2/c1-29-22(16-23(28-29)20-7-5-13-26-17-20)18-30-14-11-21(12-15-30)27-25(31)10-9-19-6-3-4-8-24(19)32-2/h3-8,13,16-17,21H,9-12,14-15,18H2,1-2H3,(H,27,31). The van der Waals surface area contributed by atoms with Gasteiger partial charge in [0.1, 0.15) is 5.75 Å². The van der Waals surface area contributed by atoms with Crippen LogP contribution in [0.25, 0.3) is 11.3 Å². The number of likely N-dealkylation sites (tertiary alicyclic amines) is 1. The summed E-state index contributed by atoms with van der Waals surface area (Å²) < 4.78 is 7.33. The SMILES string of the molecule is COc1ccccc1CCC(=O)NC1CCN(Cc2cc(-c3cccnc3)nn2C)CC1. The number of hydrogen-bond acceptors (Lipinski definition) is 5. The van der Waals surface area contributed by atoms with Crippen molar-refractivity contribution in [2.75, 3.05) is 20.2 Å². The van der Waals surface area contributed by atoms with Gasteiger partial charge >= 0.3 is 0 Å². The highest BCUT2D eigenvalue weighted by atomic mass is 16.5. The first-order valence-corrected chi connectivity index (χ1v) is 11.2. The zero-order valence-electron chi connectivity index (χ0n) is 18.8. The van der Waals surface area contributed by atoms with Gasteiger partial charge in [0.25, 0.3) is 0 Å². The summed E-state index contributed by atoms with van der Waals surface area (Å²) in [6.07, 6.45) is 6.71. The number of carbonyl (C=O) groups excluding carboxylic acids is 1. The Hall–Kier alpha value is -3.19. The molecule has 168 valence electrons. The zero-order valence-corrected chi connectivity index (χ0v) is 18.8. The third kappa shape index (κ3) is 5.53. The molecule has 0 spiro atoms. The minimum Gasteiger partial charge on any atom is -0.496 e. The van der Waals surface area contributed by atoms with Crippen LogP contribution in [0.4, 0.5) is 0 Å². The van der Waals surface area contributed by atoms with Crippen molar-refractivity contribution in [3.05, 3.63) is 66.1 Å². The average molecular weight is 434 g/mol. The number of nitrogens with one attached hydrogen (secondary N) is 1. The van der Waals surface area contributed by atoms with E-state index in [0.29, 0.717) is 12.8 Å². The summed E-state index contributed by atoms with van der Waals surface area (Å²) in [6.45, 7) is 2.79. The van der Waals surface area contributed by atoms with E-state index in [-0.39, 0.29) is 11.9 Å². The van der Waals surface area contributed by atoms with Crippen LogP contribution in [0.2, 0.25) is 0 Å². The number of amides is 1. The number of nitrogens with zero attached hydrogens (tertiary/aromatic N) is 4. The topological polar surface area (TPSA) is 72.3 Å². The van der Waals surface area contributed by atoms with E-state index >= 15 is 0 Å². The van der Waals surface area contributed by atoms with E-state index in [9.17, 15) is 4.79 Å². The predicted octanol–water partition coefficient (Wildman–Crippen LogP) is 3.20. The molecule has 7 heteroatoms. The number of pyridine rings is 1. The fourth-order valence-corrected chi connectivity index (χ4v) is 4.23. The van der Waals surface area contributed by atoms with Gasteiger partial charge in [0.15, 0.2) is 0 Å². The predicted molar refractivity (Wildman–Crippen MR) is 124 cm³/mol. The Labute approximate surface area is 189 Å². The highest BCUT2D eigenvalue weighted by Gasteiger charge is 2.22. The molecular weight excluding hydrogens is 402 g/mol. The van der Waals surface area contributed by atoms with E-state index < -0.39 is 0 Å². The molecule has 2 aromatic heterocycles. The number of para-hydroxylation sites is 1. The summed E-state index contributed by atoms with van der Waals surface area (Å²) >= 11 is 0. The number of aryl methyl sites for hydroxylation is 2. The largest absolute Gasteiger partial charge is 0.496 e. The maximum absolute atomic E-state index is 12.5. The number of aromatic nitrogens is 3. The van der Waals surface area contributed by atoms with Crippen molar-refractivity contribution in [1.29, 1.82) is 0 Å². The summed E-state index contributed by atoms with van der Waals surface area (Å²) in [5, 5.41) is 7.86. The summed E-state index contributed by atoms with van der Waals surface area (Å²) in [7, 11) is 3.65. The molecule has 0 atom stereocenters. The number of piperidine rings is 1. The Bertz CT molecular complexity index is 1030. The normalized spacial score (nSPS) is 14.9. The monoisotopic (exact) mass is 433 g/mol. The van der Waals surface area contributed by atoms with Crippen LogP contribution in [0, 0.1) is 0 Å². The Balaban J connectivity index is 1.23. The first-order valence-electron chi connectivity index (χ1n) is 11.2. The van der Waals surface area contributed by atoms with Crippen LogP contribution >= 0.6 is 0 Å². The van der Waals surface area contributed by atoms with Crippen molar-refractivity contribution in [2.45, 2.75) is 38.3 Å². The molecule has 0 saturated carbocycles. The van der Waals surface area contributed by atoms with Gasteiger partial charge in [-0.25, -0.2) is 0 Å². The van der Waals surface area contributed by atoms with Gasteiger partial charge in [0.2, 0.25) is 5.91 Å². The van der Waals surface area contributed by atoms with Crippen LogP contribution in [-0.4, -0.2) is 51.8 Å². The average Bonchev–Trinajstić information content (AvgIpc) is 3.20. The van der Waals surface area contributed by atoms with Gasteiger partial charge in [-0.15, -0.1) is 0 Å². The van der Waals surface area contributed by atoms with E-state index in [2.05, 4.69) is 26.4 Å². The van der Waals surface area contributed by atoms with Crippen LogP contribution in [0.3, 0.4) is 0 Å². The van der Waals surface area contributed by atoms with Crippen molar-refractivity contribution in [3.63, 3.8) is 0 Å². The highest BCUT2D eigenvalue weighted by Crippen LogP contribution is 2.21. The zero-order chi connectivity index (χ0) is 22.3. The minimum absolute atomic E-state index is 0.113. The number of ether oxygens (including phenoxy) is 1. The fraction of sp³-hybridized carbons (Fsp3) is 0.400. The van der Waals surface area contributed by atoms with Gasteiger partial charge in [-0.1, -0.05) is 18.2 Å². The number of carbonyl (C=O) groups is 1. The Kier molecular flexibility index (Phi) is 7.17. The maximum atomic E-state index is 12.5. The van der Waals surface area contributed by atoms with Crippen LogP contribution in [-0.2, 0) is 24.8 Å². The maximum Gasteiger partial charge on any atom is 0.220 e. The molecule has 4 rings (SSSR count). The fourth-order valence-electron chi connectivity index (χ4n) is 4.23. The molecule has 0 radical (unpaired) electrons. The second kappa shape index (κ2) is 10.4.